The van der Waals surface area contributed by atoms with Crippen molar-refractivity contribution >= 4 is 29.5 Å². The van der Waals surface area contributed by atoms with Crippen molar-refractivity contribution in [2.24, 2.45) is 0 Å². The number of aryl methyl sites for hydroxylation is 2. The minimum atomic E-state index is -0.820. The van der Waals surface area contributed by atoms with Crippen molar-refractivity contribution in [2.75, 3.05) is 12.0 Å². The molecule has 2 atom stereocenters. The van der Waals surface area contributed by atoms with Crippen molar-refractivity contribution in [3.63, 3.8) is 0 Å². The van der Waals surface area contributed by atoms with E-state index in [4.69, 9.17) is 0 Å². The van der Waals surface area contributed by atoms with Gasteiger partial charge in [-0.2, -0.15) is 11.8 Å². The Bertz CT molecular complexity index is 985. The normalized spacial score (nSPS) is 17.2. The van der Waals surface area contributed by atoms with Gasteiger partial charge >= 0.3 is 0 Å². The zero-order valence-electron chi connectivity index (χ0n) is 18.0. The van der Waals surface area contributed by atoms with E-state index in [2.05, 4.69) is 23.5 Å². The lowest BCUT2D eigenvalue weighted by Crippen LogP contribution is -2.50. The van der Waals surface area contributed by atoms with Crippen LogP contribution in [0.3, 0.4) is 0 Å². The van der Waals surface area contributed by atoms with E-state index >= 15 is 0 Å². The third-order valence-electron chi connectivity index (χ3n) is 6.27. The maximum absolute atomic E-state index is 13.3. The van der Waals surface area contributed by atoms with E-state index in [1.807, 2.05) is 13.2 Å². The highest BCUT2D eigenvalue weighted by Crippen LogP contribution is 2.28. The summed E-state index contributed by atoms with van der Waals surface area (Å²) in [6.07, 6.45) is 7.01. The van der Waals surface area contributed by atoms with Gasteiger partial charge in [0.1, 0.15) is 6.04 Å². The van der Waals surface area contributed by atoms with Gasteiger partial charge in [0.2, 0.25) is 5.91 Å². The number of nitrogens with zero attached hydrogens (tertiary/aromatic N) is 1. The molecule has 2 aromatic rings. The molecule has 0 bridgehead atoms. The number of carbonyl (C=O) groups is 3. The zero-order valence-corrected chi connectivity index (χ0v) is 18.8. The predicted octanol–water partition coefficient (Wildman–Crippen LogP) is 4.16. The Hall–Kier alpha value is -2.60. The maximum atomic E-state index is 13.3. The van der Waals surface area contributed by atoms with Crippen LogP contribution < -0.4 is 5.32 Å². The molecule has 2 unspecified atom stereocenters. The van der Waals surface area contributed by atoms with Gasteiger partial charge in [0.15, 0.2) is 0 Å². The summed E-state index contributed by atoms with van der Waals surface area (Å²) in [6, 6.07) is 12.2. The molecular weight excluding hydrogens is 408 g/mol. The minimum Gasteiger partial charge on any atom is -0.348 e. The molecule has 0 saturated carbocycles. The minimum absolute atomic E-state index is 0.202. The van der Waals surface area contributed by atoms with Crippen LogP contribution in [0.5, 0.6) is 0 Å². The van der Waals surface area contributed by atoms with E-state index in [0.717, 1.165) is 23.3 Å². The Morgan fingerprint density at radius 1 is 1.03 bits per heavy atom. The fraction of sp³-hybridized carbons (Fsp3) is 0.400. The van der Waals surface area contributed by atoms with Crippen molar-refractivity contribution in [1.82, 2.24) is 10.2 Å². The van der Waals surface area contributed by atoms with E-state index in [1.54, 1.807) is 36.0 Å². The number of hydrogen-bond acceptors (Lipinski definition) is 4. The molecule has 0 radical (unpaired) electrons. The van der Waals surface area contributed by atoms with Crippen molar-refractivity contribution < 1.29 is 14.4 Å². The number of carbonyl (C=O) groups excluding carboxylic acids is 3. The molecular formula is C25H28N2O3S. The lowest BCUT2D eigenvalue weighted by atomic mass is 9.89. The SMILES string of the molecule is CSCCC(C(=O)NC(C)c1ccc2c(c1)CCCC2)N1C(=O)c2ccccc2C1=O. The molecule has 4 rings (SSSR count). The number of fused-ring (bicyclic) bond motifs is 2. The number of imide groups is 1. The largest absolute Gasteiger partial charge is 0.348 e. The molecule has 1 heterocycles. The van der Waals surface area contributed by atoms with Gasteiger partial charge in [-0.1, -0.05) is 30.3 Å². The van der Waals surface area contributed by atoms with Crippen molar-refractivity contribution in [3.8, 4) is 0 Å². The third-order valence-corrected chi connectivity index (χ3v) is 6.91. The first-order valence-corrected chi connectivity index (χ1v) is 12.3. The van der Waals surface area contributed by atoms with Crippen LogP contribution in [0.1, 0.15) is 69.6 Å². The van der Waals surface area contributed by atoms with Gasteiger partial charge in [0.25, 0.3) is 11.8 Å². The number of amides is 3. The molecule has 0 aromatic heterocycles. The van der Waals surface area contributed by atoms with Crippen LogP contribution in [-0.4, -0.2) is 40.7 Å². The molecule has 5 nitrogen and oxygen atoms in total. The van der Waals surface area contributed by atoms with Crippen LogP contribution in [-0.2, 0) is 17.6 Å². The second-order valence-corrected chi connectivity index (χ2v) is 9.27. The van der Waals surface area contributed by atoms with Crippen LogP contribution in [0.15, 0.2) is 42.5 Å². The first-order chi connectivity index (χ1) is 15.0. The summed E-state index contributed by atoms with van der Waals surface area (Å²) in [7, 11) is 0. The second kappa shape index (κ2) is 9.27. The van der Waals surface area contributed by atoms with E-state index in [9.17, 15) is 14.4 Å². The zero-order chi connectivity index (χ0) is 22.0. The third kappa shape index (κ3) is 4.26. The summed E-state index contributed by atoms with van der Waals surface area (Å²) in [4.78, 5) is 40.3. The highest BCUT2D eigenvalue weighted by Gasteiger charge is 2.42. The molecule has 0 fully saturated rings. The van der Waals surface area contributed by atoms with Crippen molar-refractivity contribution in [2.45, 2.75) is 51.1 Å². The van der Waals surface area contributed by atoms with E-state index in [1.165, 1.54) is 24.0 Å². The van der Waals surface area contributed by atoms with Gasteiger partial charge in [-0.15, -0.1) is 0 Å². The summed E-state index contributed by atoms with van der Waals surface area (Å²) < 4.78 is 0. The topological polar surface area (TPSA) is 66.5 Å². The number of hydrogen-bond donors (Lipinski definition) is 1. The quantitative estimate of drug-likeness (QED) is 0.662. The molecule has 1 aliphatic carbocycles. The second-order valence-electron chi connectivity index (χ2n) is 8.29. The summed E-state index contributed by atoms with van der Waals surface area (Å²) in [5.74, 6) is -0.376. The molecule has 2 aliphatic rings. The van der Waals surface area contributed by atoms with E-state index in [0.29, 0.717) is 23.3 Å². The van der Waals surface area contributed by atoms with Gasteiger partial charge in [-0.3, -0.25) is 19.3 Å². The fourth-order valence-corrected chi connectivity index (χ4v) is 4.97. The Labute approximate surface area is 187 Å². The van der Waals surface area contributed by atoms with E-state index in [-0.39, 0.29) is 23.8 Å². The average Bonchev–Trinajstić information content (AvgIpc) is 3.04. The van der Waals surface area contributed by atoms with Gasteiger partial charge in [-0.05, 0) is 79.9 Å². The molecule has 0 saturated heterocycles. The number of nitrogens with one attached hydrogen (secondary N) is 1. The molecule has 162 valence electrons. The fourth-order valence-electron chi connectivity index (χ4n) is 4.51. The van der Waals surface area contributed by atoms with Gasteiger partial charge in [0, 0.05) is 0 Å². The monoisotopic (exact) mass is 436 g/mol. The van der Waals surface area contributed by atoms with Crippen molar-refractivity contribution in [3.05, 3.63) is 70.3 Å². The Balaban J connectivity index is 1.54. The molecule has 0 spiro atoms. The van der Waals surface area contributed by atoms with Gasteiger partial charge in [0.05, 0.1) is 17.2 Å². The van der Waals surface area contributed by atoms with Crippen LogP contribution >= 0.6 is 11.8 Å². The molecule has 1 N–H and O–H groups in total. The van der Waals surface area contributed by atoms with Crippen molar-refractivity contribution in [1.29, 1.82) is 0 Å². The van der Waals surface area contributed by atoms with Crippen LogP contribution in [0.25, 0.3) is 0 Å². The highest BCUT2D eigenvalue weighted by molar-refractivity contribution is 7.98. The number of benzene rings is 2. The maximum Gasteiger partial charge on any atom is 0.262 e. The summed E-state index contributed by atoms with van der Waals surface area (Å²) in [5, 5.41) is 3.06. The van der Waals surface area contributed by atoms with Crippen LogP contribution in [0, 0.1) is 0 Å². The lowest BCUT2D eigenvalue weighted by molar-refractivity contribution is -0.125. The van der Waals surface area contributed by atoms with Gasteiger partial charge < -0.3 is 5.32 Å². The first kappa shape index (κ1) is 21.6. The Kier molecular flexibility index (Phi) is 6.46. The Morgan fingerprint density at radius 3 is 2.32 bits per heavy atom. The standard InChI is InChI=1S/C25H28N2O3S/c1-16(18-12-11-17-7-3-4-8-19(17)15-18)26-23(28)22(13-14-31-2)27-24(29)20-9-5-6-10-21(20)25(27)30/h5-6,9-12,15-16,22H,3-4,7-8,13-14H2,1-2H3,(H,26,28). The highest BCUT2D eigenvalue weighted by atomic mass is 32.2. The number of thioether (sulfide) groups is 1. The Morgan fingerprint density at radius 2 is 1.68 bits per heavy atom. The molecule has 1 aliphatic heterocycles. The molecule has 3 amide bonds. The predicted molar refractivity (Wildman–Crippen MR) is 123 cm³/mol. The summed E-state index contributed by atoms with van der Waals surface area (Å²) in [6.45, 7) is 1.95. The smallest absolute Gasteiger partial charge is 0.262 e. The van der Waals surface area contributed by atoms with Crippen LogP contribution in [0.2, 0.25) is 0 Å². The summed E-state index contributed by atoms with van der Waals surface area (Å²) >= 11 is 1.59. The lowest BCUT2D eigenvalue weighted by Gasteiger charge is -2.27. The van der Waals surface area contributed by atoms with Crippen LogP contribution in [0.4, 0.5) is 0 Å². The average molecular weight is 437 g/mol. The molecule has 2 aromatic carbocycles. The molecule has 6 heteroatoms. The van der Waals surface area contributed by atoms with E-state index < -0.39 is 6.04 Å². The summed E-state index contributed by atoms with van der Waals surface area (Å²) in [5.41, 5.74) is 4.57. The number of rotatable bonds is 7. The molecule has 31 heavy (non-hydrogen) atoms. The first-order valence-electron chi connectivity index (χ1n) is 10.9. The van der Waals surface area contributed by atoms with Gasteiger partial charge in [-0.25, -0.2) is 0 Å².